The minimum atomic E-state index is -3.31. The normalized spacial score (nSPS) is 14.7. The Balaban J connectivity index is 3.24. The van der Waals surface area contributed by atoms with E-state index in [0.717, 1.165) is 6.07 Å². The molecule has 0 aliphatic heterocycles. The predicted octanol–water partition coefficient (Wildman–Crippen LogP) is 3.36. The van der Waals surface area contributed by atoms with Crippen molar-refractivity contribution in [2.24, 2.45) is 0 Å². The van der Waals surface area contributed by atoms with Crippen LogP contribution in [0.25, 0.3) is 0 Å². The van der Waals surface area contributed by atoms with Crippen LogP contribution in [0.5, 0.6) is 0 Å². The summed E-state index contributed by atoms with van der Waals surface area (Å²) in [7, 11) is 0. The number of aliphatic carboxylic acids is 1. The molecule has 0 saturated heterocycles. The van der Waals surface area contributed by atoms with Gasteiger partial charge < -0.3 is 5.11 Å². The number of hydrogen-bond acceptors (Lipinski definition) is 1. The van der Waals surface area contributed by atoms with Crippen molar-refractivity contribution < 1.29 is 27.5 Å². The summed E-state index contributed by atoms with van der Waals surface area (Å²) < 4.78 is 51.8. The number of benzene rings is 1. The third-order valence-corrected chi connectivity index (χ3v) is 2.78. The van der Waals surface area contributed by atoms with Gasteiger partial charge in [-0.3, -0.25) is 0 Å². The molecule has 0 bridgehead atoms. The summed E-state index contributed by atoms with van der Waals surface area (Å²) in [5, 5.41) is 8.38. The molecule has 0 aliphatic carbocycles. The van der Waals surface area contributed by atoms with Crippen LogP contribution in [0, 0.1) is 5.82 Å². The molecule has 2 nitrogen and oxygen atoms in total. The van der Waals surface area contributed by atoms with E-state index in [1.807, 2.05) is 0 Å². The van der Waals surface area contributed by atoms with Crippen molar-refractivity contribution in [3.05, 3.63) is 34.1 Å². The highest BCUT2D eigenvalue weighted by molar-refractivity contribution is 9.10. The van der Waals surface area contributed by atoms with Crippen molar-refractivity contribution in [3.63, 3.8) is 0 Å². The Labute approximate surface area is 102 Å². The van der Waals surface area contributed by atoms with E-state index in [1.54, 1.807) is 0 Å². The summed E-state index contributed by atoms with van der Waals surface area (Å²) in [6.07, 6.45) is -6.18. The highest BCUT2D eigenvalue weighted by Gasteiger charge is 2.38. The maximum absolute atomic E-state index is 13.5. The molecule has 0 saturated carbocycles. The lowest BCUT2D eigenvalue weighted by Crippen LogP contribution is -2.29. The monoisotopic (exact) mass is 314 g/mol. The minimum Gasteiger partial charge on any atom is -0.479 e. The van der Waals surface area contributed by atoms with Crippen molar-refractivity contribution in [1.29, 1.82) is 0 Å². The Morgan fingerprint density at radius 1 is 1.29 bits per heavy atom. The topological polar surface area (TPSA) is 37.3 Å². The van der Waals surface area contributed by atoms with Gasteiger partial charge >= 0.3 is 5.97 Å². The average molecular weight is 315 g/mol. The molecule has 0 aliphatic rings. The second kappa shape index (κ2) is 5.48. The molecule has 1 N–H and O–H groups in total. The first kappa shape index (κ1) is 14.0. The molecular formula is C10H7BrF4O2. The zero-order valence-corrected chi connectivity index (χ0v) is 9.80. The van der Waals surface area contributed by atoms with E-state index in [1.165, 1.54) is 12.1 Å². The van der Waals surface area contributed by atoms with Gasteiger partial charge in [-0.25, -0.2) is 22.4 Å². The van der Waals surface area contributed by atoms with E-state index >= 15 is 0 Å². The highest BCUT2D eigenvalue weighted by Crippen LogP contribution is 2.33. The lowest BCUT2D eigenvalue weighted by molar-refractivity contribution is -0.145. The molecule has 7 heteroatoms. The van der Waals surface area contributed by atoms with E-state index in [-0.39, 0.29) is 4.47 Å². The standard InChI is InChI=1S/C10H7BrF4O2/c11-5-3-1-2-4(7(5)12)6(9(14)15)8(13)10(16)17/h1-3,6,8-9H,(H,16,17). The Morgan fingerprint density at radius 2 is 1.88 bits per heavy atom. The third-order valence-electron chi connectivity index (χ3n) is 2.16. The van der Waals surface area contributed by atoms with Gasteiger partial charge in [0.05, 0.1) is 10.4 Å². The summed E-state index contributed by atoms with van der Waals surface area (Å²) in [5.41, 5.74) is -0.663. The molecule has 0 aromatic heterocycles. The fourth-order valence-electron chi connectivity index (χ4n) is 1.35. The quantitative estimate of drug-likeness (QED) is 0.865. The molecule has 1 aromatic carbocycles. The van der Waals surface area contributed by atoms with Gasteiger partial charge in [-0.15, -0.1) is 0 Å². The largest absolute Gasteiger partial charge is 0.479 e. The molecular weight excluding hydrogens is 308 g/mol. The number of halogens is 5. The number of carbonyl (C=O) groups is 1. The Hall–Kier alpha value is -1.11. The SMILES string of the molecule is O=C(O)C(F)C(c1cccc(Br)c1F)C(F)F. The molecule has 1 rings (SSSR count). The van der Waals surface area contributed by atoms with Crippen LogP contribution in [0.15, 0.2) is 22.7 Å². The second-order valence-corrected chi connectivity index (χ2v) is 4.10. The first-order valence-corrected chi connectivity index (χ1v) is 5.24. The molecule has 2 atom stereocenters. The van der Waals surface area contributed by atoms with E-state index in [0.29, 0.717) is 0 Å². The van der Waals surface area contributed by atoms with E-state index < -0.39 is 35.9 Å². The van der Waals surface area contributed by atoms with Gasteiger partial charge in [0.1, 0.15) is 5.82 Å². The minimum absolute atomic E-state index is 0.127. The molecule has 0 spiro atoms. The molecule has 17 heavy (non-hydrogen) atoms. The van der Waals surface area contributed by atoms with Crippen molar-refractivity contribution >= 4 is 21.9 Å². The molecule has 0 radical (unpaired) electrons. The molecule has 0 amide bonds. The second-order valence-electron chi connectivity index (χ2n) is 3.24. The summed E-state index contributed by atoms with van der Waals surface area (Å²) in [4.78, 5) is 10.4. The Morgan fingerprint density at radius 3 is 2.35 bits per heavy atom. The fraction of sp³-hybridized carbons (Fsp3) is 0.300. The predicted molar refractivity (Wildman–Crippen MR) is 55.4 cm³/mol. The smallest absolute Gasteiger partial charge is 0.339 e. The van der Waals surface area contributed by atoms with E-state index in [2.05, 4.69) is 15.9 Å². The molecule has 0 fully saturated rings. The molecule has 0 heterocycles. The maximum atomic E-state index is 13.5. The van der Waals surface area contributed by atoms with E-state index in [4.69, 9.17) is 5.11 Å². The molecule has 94 valence electrons. The summed E-state index contributed by atoms with van der Waals surface area (Å²) >= 11 is 2.76. The van der Waals surface area contributed by atoms with Gasteiger partial charge in [0, 0.05) is 5.56 Å². The van der Waals surface area contributed by atoms with Crippen LogP contribution in [0.4, 0.5) is 17.6 Å². The summed E-state index contributed by atoms with van der Waals surface area (Å²) in [6.45, 7) is 0. The first-order valence-electron chi connectivity index (χ1n) is 4.45. The average Bonchev–Trinajstić information content (AvgIpc) is 2.23. The number of alkyl halides is 3. The summed E-state index contributed by atoms with van der Waals surface area (Å²) in [6, 6.07) is 3.41. The van der Waals surface area contributed by atoms with Crippen LogP contribution in [0.3, 0.4) is 0 Å². The van der Waals surface area contributed by atoms with Crippen LogP contribution in [-0.2, 0) is 4.79 Å². The van der Waals surface area contributed by atoms with E-state index in [9.17, 15) is 22.4 Å². The Kier molecular flexibility index (Phi) is 4.50. The number of carboxylic acid groups (broad SMARTS) is 1. The van der Waals surface area contributed by atoms with Gasteiger partial charge in [0.25, 0.3) is 0 Å². The summed E-state index contributed by atoms with van der Waals surface area (Å²) in [5.74, 6) is -5.46. The number of hydrogen-bond donors (Lipinski definition) is 1. The highest BCUT2D eigenvalue weighted by atomic mass is 79.9. The van der Waals surface area contributed by atoms with Gasteiger partial charge in [-0.05, 0) is 22.0 Å². The fourth-order valence-corrected chi connectivity index (χ4v) is 1.73. The van der Waals surface area contributed by atoms with Crippen LogP contribution in [0.2, 0.25) is 0 Å². The van der Waals surface area contributed by atoms with Gasteiger partial charge in [0.15, 0.2) is 0 Å². The zero-order valence-electron chi connectivity index (χ0n) is 8.21. The zero-order chi connectivity index (χ0) is 13.2. The number of carboxylic acids is 1. The number of rotatable bonds is 4. The van der Waals surface area contributed by atoms with Crippen LogP contribution in [-0.4, -0.2) is 23.7 Å². The van der Waals surface area contributed by atoms with Crippen LogP contribution in [0.1, 0.15) is 11.5 Å². The van der Waals surface area contributed by atoms with Crippen LogP contribution < -0.4 is 0 Å². The van der Waals surface area contributed by atoms with Gasteiger partial charge in [0.2, 0.25) is 12.6 Å². The van der Waals surface area contributed by atoms with Crippen molar-refractivity contribution in [2.75, 3.05) is 0 Å². The van der Waals surface area contributed by atoms with Gasteiger partial charge in [-0.1, -0.05) is 12.1 Å². The van der Waals surface area contributed by atoms with Crippen molar-refractivity contribution in [3.8, 4) is 0 Å². The lowest BCUT2D eigenvalue weighted by atomic mass is 9.94. The van der Waals surface area contributed by atoms with Crippen molar-refractivity contribution in [1.82, 2.24) is 0 Å². The van der Waals surface area contributed by atoms with Crippen LogP contribution >= 0.6 is 15.9 Å². The molecule has 2 unspecified atom stereocenters. The Bertz CT molecular complexity index is 425. The van der Waals surface area contributed by atoms with Crippen molar-refractivity contribution in [2.45, 2.75) is 18.5 Å². The maximum Gasteiger partial charge on any atom is 0.339 e. The lowest BCUT2D eigenvalue weighted by Gasteiger charge is -2.18. The van der Waals surface area contributed by atoms with Gasteiger partial charge in [-0.2, -0.15) is 0 Å². The molecule has 1 aromatic rings. The third kappa shape index (κ3) is 2.96. The first-order chi connectivity index (χ1) is 7.86.